The number of rotatable bonds is 2. The molecule has 1 heterocycles. The van der Waals surface area contributed by atoms with Gasteiger partial charge in [-0.15, -0.1) is 0 Å². The standard InChI is InChI=1S/C15H9NO6/c17-9-5-7-10(8-6-9)21-15(20)22-16-13(18)11-3-1-2-4-12(11)14(16)19/h1-8,17H. The second kappa shape index (κ2) is 5.21. The fourth-order valence-corrected chi connectivity index (χ4v) is 1.95. The van der Waals surface area contributed by atoms with E-state index in [1.54, 1.807) is 12.1 Å². The molecular formula is C15H9NO6. The van der Waals surface area contributed by atoms with E-state index in [1.807, 2.05) is 0 Å². The molecule has 0 radical (unpaired) electrons. The van der Waals surface area contributed by atoms with Gasteiger partial charge in [-0.05, 0) is 36.4 Å². The Morgan fingerprint density at radius 2 is 1.45 bits per heavy atom. The molecule has 0 bridgehead atoms. The molecule has 2 aromatic carbocycles. The molecule has 0 atom stereocenters. The van der Waals surface area contributed by atoms with Crippen molar-refractivity contribution >= 4 is 18.0 Å². The minimum atomic E-state index is -1.24. The van der Waals surface area contributed by atoms with Crippen LogP contribution in [0.3, 0.4) is 0 Å². The Balaban J connectivity index is 1.71. The van der Waals surface area contributed by atoms with Crippen LogP contribution in [0.1, 0.15) is 20.7 Å². The average Bonchev–Trinajstić information content (AvgIpc) is 2.75. The van der Waals surface area contributed by atoms with Crippen LogP contribution in [-0.2, 0) is 4.84 Å². The van der Waals surface area contributed by atoms with Crippen molar-refractivity contribution in [3.63, 3.8) is 0 Å². The topological polar surface area (TPSA) is 93.1 Å². The molecule has 1 N–H and O–H groups in total. The molecule has 22 heavy (non-hydrogen) atoms. The summed E-state index contributed by atoms with van der Waals surface area (Å²) < 4.78 is 4.81. The first kappa shape index (κ1) is 13.6. The number of carbonyl (C=O) groups is 3. The van der Waals surface area contributed by atoms with Crippen LogP contribution in [-0.4, -0.2) is 28.1 Å². The van der Waals surface area contributed by atoms with E-state index in [0.717, 1.165) is 0 Å². The van der Waals surface area contributed by atoms with Gasteiger partial charge in [0.25, 0.3) is 11.8 Å². The van der Waals surface area contributed by atoms with E-state index in [0.29, 0.717) is 5.06 Å². The number of ether oxygens (including phenoxy) is 1. The molecule has 7 nitrogen and oxygen atoms in total. The number of aromatic hydroxyl groups is 1. The molecule has 1 aliphatic heterocycles. The highest BCUT2D eigenvalue weighted by Gasteiger charge is 2.39. The van der Waals surface area contributed by atoms with Gasteiger partial charge in [0, 0.05) is 0 Å². The third-order valence-electron chi connectivity index (χ3n) is 2.96. The summed E-state index contributed by atoms with van der Waals surface area (Å²) in [7, 11) is 0. The lowest BCUT2D eigenvalue weighted by Crippen LogP contribution is -2.33. The van der Waals surface area contributed by atoms with Gasteiger partial charge in [0.2, 0.25) is 0 Å². The van der Waals surface area contributed by atoms with Crippen LogP contribution in [0, 0.1) is 0 Å². The summed E-state index contributed by atoms with van der Waals surface area (Å²) in [5, 5.41) is 9.48. The van der Waals surface area contributed by atoms with Gasteiger partial charge in [0.15, 0.2) is 0 Å². The molecule has 0 unspecified atom stereocenters. The van der Waals surface area contributed by atoms with Gasteiger partial charge < -0.3 is 9.84 Å². The van der Waals surface area contributed by atoms with E-state index >= 15 is 0 Å². The lowest BCUT2D eigenvalue weighted by molar-refractivity contribution is -0.0605. The summed E-state index contributed by atoms with van der Waals surface area (Å²) in [5.74, 6) is -1.37. The molecule has 2 aromatic rings. The molecule has 0 fully saturated rings. The zero-order chi connectivity index (χ0) is 15.7. The fourth-order valence-electron chi connectivity index (χ4n) is 1.95. The van der Waals surface area contributed by atoms with Gasteiger partial charge in [-0.25, -0.2) is 4.79 Å². The van der Waals surface area contributed by atoms with Crippen LogP contribution in [0.15, 0.2) is 48.5 Å². The van der Waals surface area contributed by atoms with Crippen LogP contribution in [0.5, 0.6) is 11.5 Å². The number of fused-ring (bicyclic) bond motifs is 1. The summed E-state index contributed by atoms with van der Waals surface area (Å²) >= 11 is 0. The van der Waals surface area contributed by atoms with Crippen molar-refractivity contribution in [2.75, 3.05) is 0 Å². The van der Waals surface area contributed by atoms with E-state index in [-0.39, 0.29) is 22.6 Å². The fraction of sp³-hybridized carbons (Fsp3) is 0. The number of imide groups is 1. The van der Waals surface area contributed by atoms with Gasteiger partial charge in [-0.1, -0.05) is 17.2 Å². The van der Waals surface area contributed by atoms with Gasteiger partial charge in [0.1, 0.15) is 11.5 Å². The summed E-state index contributed by atoms with van der Waals surface area (Å²) in [6.07, 6.45) is -1.24. The number of hydrogen-bond acceptors (Lipinski definition) is 6. The highest BCUT2D eigenvalue weighted by molar-refractivity contribution is 6.20. The van der Waals surface area contributed by atoms with Crippen LogP contribution in [0.2, 0.25) is 0 Å². The molecular weight excluding hydrogens is 290 g/mol. The predicted octanol–water partition coefficient (Wildman–Crippen LogP) is 2.12. The molecule has 0 aromatic heterocycles. The zero-order valence-corrected chi connectivity index (χ0v) is 11.1. The maximum atomic E-state index is 12.0. The second-order valence-corrected chi connectivity index (χ2v) is 4.39. The first-order valence-corrected chi connectivity index (χ1v) is 6.23. The van der Waals surface area contributed by atoms with E-state index in [4.69, 9.17) is 9.84 Å². The Morgan fingerprint density at radius 1 is 0.909 bits per heavy atom. The summed E-state index contributed by atoms with van der Waals surface area (Å²) in [6, 6.07) is 11.4. The molecule has 0 aliphatic carbocycles. The van der Waals surface area contributed by atoms with Gasteiger partial charge in [-0.3, -0.25) is 14.4 Å². The summed E-state index contributed by atoms with van der Waals surface area (Å²) in [6.45, 7) is 0. The van der Waals surface area contributed by atoms with Crippen molar-refractivity contribution in [3.05, 3.63) is 59.7 Å². The lowest BCUT2D eigenvalue weighted by Gasteiger charge is -2.12. The summed E-state index contributed by atoms with van der Waals surface area (Å²) in [4.78, 5) is 40.3. The molecule has 2 amide bonds. The van der Waals surface area contributed by atoms with Crippen molar-refractivity contribution in [2.45, 2.75) is 0 Å². The smallest absolute Gasteiger partial charge is 0.508 e. The maximum absolute atomic E-state index is 12.0. The quantitative estimate of drug-likeness (QED) is 0.518. The molecule has 0 spiro atoms. The lowest BCUT2D eigenvalue weighted by atomic mass is 10.1. The average molecular weight is 299 g/mol. The third kappa shape index (κ3) is 2.35. The second-order valence-electron chi connectivity index (χ2n) is 4.39. The number of nitrogens with zero attached hydrogens (tertiary/aromatic N) is 1. The first-order chi connectivity index (χ1) is 10.6. The van der Waals surface area contributed by atoms with Gasteiger partial charge in [0.05, 0.1) is 11.1 Å². The number of phenolic OH excluding ortho intramolecular Hbond substituents is 1. The highest BCUT2D eigenvalue weighted by atomic mass is 16.8. The number of phenols is 1. The van der Waals surface area contributed by atoms with E-state index < -0.39 is 18.0 Å². The van der Waals surface area contributed by atoms with Gasteiger partial charge >= 0.3 is 6.16 Å². The van der Waals surface area contributed by atoms with Crippen LogP contribution >= 0.6 is 0 Å². The first-order valence-electron chi connectivity index (χ1n) is 6.23. The maximum Gasteiger partial charge on any atom is 0.539 e. The van der Waals surface area contributed by atoms with Crippen molar-refractivity contribution in [2.24, 2.45) is 0 Å². The Hall–Kier alpha value is -3.35. The van der Waals surface area contributed by atoms with Crippen molar-refractivity contribution in [1.29, 1.82) is 0 Å². The SMILES string of the molecule is O=C(Oc1ccc(O)cc1)ON1C(=O)c2ccccc2C1=O. The molecule has 0 saturated heterocycles. The largest absolute Gasteiger partial charge is 0.539 e. The molecule has 110 valence electrons. The van der Waals surface area contributed by atoms with E-state index in [2.05, 4.69) is 4.84 Å². The monoisotopic (exact) mass is 299 g/mol. The minimum absolute atomic E-state index is 0.000986. The molecule has 3 rings (SSSR count). The number of hydrogen-bond donors (Lipinski definition) is 1. The number of benzene rings is 2. The Labute approximate surface area is 124 Å². The molecule has 7 heteroatoms. The third-order valence-corrected chi connectivity index (χ3v) is 2.96. The number of hydroxylamine groups is 2. The Bertz CT molecular complexity index is 733. The minimum Gasteiger partial charge on any atom is -0.508 e. The number of carbonyl (C=O) groups excluding carboxylic acids is 3. The van der Waals surface area contributed by atoms with Crippen LogP contribution in [0.4, 0.5) is 4.79 Å². The van der Waals surface area contributed by atoms with Gasteiger partial charge in [-0.2, -0.15) is 0 Å². The van der Waals surface area contributed by atoms with Crippen molar-refractivity contribution in [1.82, 2.24) is 5.06 Å². The predicted molar refractivity (Wildman–Crippen MR) is 72.2 cm³/mol. The molecule has 1 aliphatic rings. The number of amides is 2. The Kier molecular flexibility index (Phi) is 3.23. The normalized spacial score (nSPS) is 13.0. The zero-order valence-electron chi connectivity index (χ0n) is 11.1. The van der Waals surface area contributed by atoms with E-state index in [1.165, 1.54) is 36.4 Å². The highest BCUT2D eigenvalue weighted by Crippen LogP contribution is 2.23. The van der Waals surface area contributed by atoms with E-state index in [9.17, 15) is 14.4 Å². The van der Waals surface area contributed by atoms with Crippen molar-refractivity contribution in [3.8, 4) is 11.5 Å². The van der Waals surface area contributed by atoms with Crippen molar-refractivity contribution < 1.29 is 29.1 Å². The van der Waals surface area contributed by atoms with Crippen LogP contribution < -0.4 is 4.74 Å². The summed E-state index contributed by atoms with van der Waals surface area (Å²) in [5.41, 5.74) is 0.315. The van der Waals surface area contributed by atoms with Crippen LogP contribution in [0.25, 0.3) is 0 Å². The molecule has 0 saturated carbocycles. The Morgan fingerprint density at radius 3 is 2.00 bits per heavy atom.